The Kier molecular flexibility index (Phi) is 6.51. The summed E-state index contributed by atoms with van der Waals surface area (Å²) < 4.78 is 5.81. The van der Waals surface area contributed by atoms with Crippen LogP contribution in [0.2, 0.25) is 0 Å². The van der Waals surface area contributed by atoms with Crippen molar-refractivity contribution in [3.05, 3.63) is 59.0 Å². The van der Waals surface area contributed by atoms with E-state index in [0.717, 1.165) is 50.4 Å². The number of piperidine rings is 1. The fraction of sp³-hybridized carbons (Fsp3) is 0.586. The zero-order chi connectivity index (χ0) is 24.7. The van der Waals surface area contributed by atoms with Crippen molar-refractivity contribution in [2.45, 2.75) is 77.3 Å². The highest BCUT2D eigenvalue weighted by Gasteiger charge is 2.59. The minimum Gasteiger partial charge on any atom is -0.466 e. The molecule has 3 heterocycles. The van der Waals surface area contributed by atoms with Crippen molar-refractivity contribution in [2.24, 2.45) is 5.92 Å². The van der Waals surface area contributed by atoms with Gasteiger partial charge in [0.15, 0.2) is 0 Å². The van der Waals surface area contributed by atoms with Crippen LogP contribution in [0.3, 0.4) is 0 Å². The number of amides is 3. The van der Waals surface area contributed by atoms with Gasteiger partial charge in [0, 0.05) is 31.6 Å². The number of likely N-dealkylation sites (tertiary alicyclic amines) is 1. The molecule has 1 atom stereocenters. The molecule has 1 aromatic carbocycles. The summed E-state index contributed by atoms with van der Waals surface area (Å²) in [5, 5.41) is 0. The van der Waals surface area contributed by atoms with E-state index >= 15 is 0 Å². The molecule has 0 radical (unpaired) electrons. The normalized spacial score (nSPS) is 21.5. The van der Waals surface area contributed by atoms with Crippen LogP contribution in [0.15, 0.2) is 40.8 Å². The highest BCUT2D eigenvalue weighted by atomic mass is 16.3. The third-order valence-electron chi connectivity index (χ3n) is 8.32. The van der Waals surface area contributed by atoms with Gasteiger partial charge in [-0.2, -0.15) is 0 Å². The largest absolute Gasteiger partial charge is 0.466 e. The number of fused-ring (bicyclic) bond motifs is 1. The molecule has 188 valence electrons. The van der Waals surface area contributed by atoms with Crippen molar-refractivity contribution in [1.82, 2.24) is 14.7 Å². The lowest BCUT2D eigenvalue weighted by Gasteiger charge is -2.43. The maximum atomic E-state index is 14.0. The number of furan rings is 1. The smallest absolute Gasteiger partial charge is 0.327 e. The Morgan fingerprint density at radius 1 is 1.00 bits per heavy atom. The van der Waals surface area contributed by atoms with Gasteiger partial charge in [0.05, 0.1) is 0 Å². The van der Waals surface area contributed by atoms with Crippen LogP contribution < -0.4 is 0 Å². The van der Waals surface area contributed by atoms with Gasteiger partial charge < -0.3 is 14.2 Å². The van der Waals surface area contributed by atoms with E-state index < -0.39 is 5.54 Å². The van der Waals surface area contributed by atoms with Crippen LogP contribution in [0.25, 0.3) is 0 Å². The molecule has 1 aromatic heterocycles. The molecule has 0 unspecified atom stereocenters. The second kappa shape index (κ2) is 9.45. The molecule has 6 nitrogen and oxygen atoms in total. The van der Waals surface area contributed by atoms with Gasteiger partial charge in [-0.05, 0) is 74.8 Å². The number of nitrogens with zero attached hydrogens (tertiary/aromatic N) is 3. The van der Waals surface area contributed by atoms with Gasteiger partial charge in [-0.1, -0.05) is 45.0 Å². The maximum absolute atomic E-state index is 14.0. The zero-order valence-electron chi connectivity index (χ0n) is 21.6. The molecule has 2 fully saturated rings. The molecule has 35 heavy (non-hydrogen) atoms. The fourth-order valence-corrected chi connectivity index (χ4v) is 6.26. The van der Waals surface area contributed by atoms with Crippen LogP contribution in [-0.4, -0.2) is 64.4 Å². The van der Waals surface area contributed by atoms with Crippen LogP contribution in [0.5, 0.6) is 0 Å². The third-order valence-corrected chi connectivity index (χ3v) is 8.32. The summed E-state index contributed by atoms with van der Waals surface area (Å²) in [4.78, 5) is 33.8. The highest BCUT2D eigenvalue weighted by molar-refractivity contribution is 6.07. The van der Waals surface area contributed by atoms with Crippen LogP contribution in [0.1, 0.15) is 68.6 Å². The van der Waals surface area contributed by atoms with Crippen LogP contribution in [-0.2, 0) is 17.6 Å². The highest BCUT2D eigenvalue weighted by Crippen LogP contribution is 2.41. The Labute approximate surface area is 209 Å². The number of hydrogen-bond acceptors (Lipinski definition) is 4. The zero-order valence-corrected chi connectivity index (χ0v) is 21.6. The van der Waals surface area contributed by atoms with Gasteiger partial charge in [0.1, 0.15) is 17.1 Å². The molecule has 0 N–H and O–H groups in total. The molecule has 2 aliphatic heterocycles. The Hall–Kier alpha value is -2.60. The number of aryl methyl sites for hydroxylation is 1. The van der Waals surface area contributed by atoms with Crippen molar-refractivity contribution >= 4 is 11.9 Å². The second-order valence-electron chi connectivity index (χ2n) is 11.3. The van der Waals surface area contributed by atoms with E-state index in [2.05, 4.69) is 43.9 Å². The summed E-state index contributed by atoms with van der Waals surface area (Å²) >= 11 is 0. The van der Waals surface area contributed by atoms with E-state index in [0.29, 0.717) is 31.2 Å². The molecule has 1 aliphatic carbocycles. The monoisotopic (exact) mass is 477 g/mol. The predicted octanol–water partition coefficient (Wildman–Crippen LogP) is 5.00. The Balaban J connectivity index is 1.28. The quantitative estimate of drug-likeness (QED) is 0.527. The summed E-state index contributed by atoms with van der Waals surface area (Å²) in [6, 6.07) is 12.3. The van der Waals surface area contributed by atoms with Gasteiger partial charge in [-0.25, -0.2) is 4.79 Å². The first-order valence-electron chi connectivity index (χ1n) is 13.3. The van der Waals surface area contributed by atoms with Crippen molar-refractivity contribution in [2.75, 3.05) is 26.2 Å². The van der Waals surface area contributed by atoms with Gasteiger partial charge >= 0.3 is 6.03 Å². The predicted molar refractivity (Wildman–Crippen MR) is 136 cm³/mol. The Bertz CT molecular complexity index is 1060. The molecule has 3 aliphatic rings. The summed E-state index contributed by atoms with van der Waals surface area (Å²) in [6.45, 7) is 11.8. The van der Waals surface area contributed by atoms with Crippen molar-refractivity contribution < 1.29 is 14.0 Å². The summed E-state index contributed by atoms with van der Waals surface area (Å²) in [7, 11) is 0. The fourth-order valence-electron chi connectivity index (χ4n) is 6.26. The summed E-state index contributed by atoms with van der Waals surface area (Å²) in [5.74, 6) is 2.73. The van der Waals surface area contributed by atoms with E-state index in [4.69, 9.17) is 4.42 Å². The van der Waals surface area contributed by atoms with Gasteiger partial charge in [0.25, 0.3) is 5.91 Å². The lowest BCUT2D eigenvalue weighted by Crippen LogP contribution is -2.57. The minimum atomic E-state index is -0.684. The molecule has 6 heteroatoms. The second-order valence-corrected chi connectivity index (χ2v) is 11.3. The number of carbonyl (C=O) groups excluding carboxylic acids is 2. The number of hydrogen-bond donors (Lipinski definition) is 0. The van der Waals surface area contributed by atoms with Crippen molar-refractivity contribution in [3.63, 3.8) is 0 Å². The topological polar surface area (TPSA) is 57.0 Å². The first-order valence-corrected chi connectivity index (χ1v) is 13.3. The summed E-state index contributed by atoms with van der Waals surface area (Å²) in [6.07, 6.45) is 4.00. The first-order chi connectivity index (χ1) is 16.8. The lowest BCUT2D eigenvalue weighted by atomic mass is 9.85. The average Bonchev–Trinajstić information content (AvgIpc) is 3.51. The third kappa shape index (κ3) is 4.42. The van der Waals surface area contributed by atoms with Gasteiger partial charge in [-0.15, -0.1) is 0 Å². The first kappa shape index (κ1) is 24.1. The van der Waals surface area contributed by atoms with Crippen molar-refractivity contribution in [1.29, 1.82) is 0 Å². The van der Waals surface area contributed by atoms with Gasteiger partial charge in [-0.3, -0.25) is 9.69 Å². The summed E-state index contributed by atoms with van der Waals surface area (Å²) in [5.41, 5.74) is 1.85. The molecule has 1 spiro atoms. The number of rotatable bonds is 7. The lowest BCUT2D eigenvalue weighted by molar-refractivity contribution is -0.137. The van der Waals surface area contributed by atoms with Gasteiger partial charge in [0.2, 0.25) is 0 Å². The van der Waals surface area contributed by atoms with Crippen LogP contribution in [0, 0.1) is 12.8 Å². The maximum Gasteiger partial charge on any atom is 0.327 e. The van der Waals surface area contributed by atoms with E-state index in [1.165, 1.54) is 11.1 Å². The molecule has 0 saturated carbocycles. The number of imide groups is 1. The molecule has 5 rings (SSSR count). The SMILES string of the molecule is Cc1ccc([C@H](C)CCN2CCC3(CC2)C(=O)N(C2Cc4ccccc4C2)C(=O)N3CC(C)C)o1. The Morgan fingerprint density at radius 3 is 2.23 bits per heavy atom. The number of urea groups is 1. The van der Waals surface area contributed by atoms with Crippen LogP contribution >= 0.6 is 0 Å². The van der Waals surface area contributed by atoms with Crippen LogP contribution in [0.4, 0.5) is 4.79 Å². The van der Waals surface area contributed by atoms with E-state index in [1.54, 1.807) is 4.90 Å². The van der Waals surface area contributed by atoms with E-state index in [9.17, 15) is 9.59 Å². The number of carbonyl (C=O) groups is 2. The van der Waals surface area contributed by atoms with Crippen molar-refractivity contribution in [3.8, 4) is 0 Å². The molecule has 2 saturated heterocycles. The van der Waals surface area contributed by atoms with E-state index in [-0.39, 0.29) is 18.0 Å². The Morgan fingerprint density at radius 2 is 1.66 bits per heavy atom. The molecule has 0 bridgehead atoms. The van der Waals surface area contributed by atoms with E-state index in [1.807, 2.05) is 30.0 Å². The molecular weight excluding hydrogens is 438 g/mol. The molecule has 2 aromatic rings. The average molecular weight is 478 g/mol. The minimum absolute atomic E-state index is 0.0417. The number of benzene rings is 1. The molecule has 3 amide bonds. The standard InChI is InChI=1S/C29H39N3O3/c1-20(2)19-31-28(34)32(25-17-23-7-5-6-8-24(23)18-25)27(33)29(31)12-15-30(16-13-29)14-11-21(3)26-10-9-22(4)35-26/h5-10,20-21,25H,11-19H2,1-4H3/t21-/m1/s1. The molecular formula is C29H39N3O3.